The Bertz CT molecular complexity index is 1760. The first-order valence-electron chi connectivity index (χ1n) is 15.3. The van der Waals surface area contributed by atoms with Crippen LogP contribution in [0.25, 0.3) is 32.3 Å². The Morgan fingerprint density at radius 1 is 0.773 bits per heavy atom. The number of hydrogen-bond donors (Lipinski definition) is 2. The summed E-state index contributed by atoms with van der Waals surface area (Å²) in [6, 6.07) is 27.8. The Kier molecular flexibility index (Phi) is 8.89. The summed E-state index contributed by atoms with van der Waals surface area (Å²) in [6.45, 7) is 1.23. The fraction of sp³-hybridized carbons (Fsp3) is 0.306. The van der Waals surface area contributed by atoms with E-state index >= 15 is 0 Å². The molecule has 1 atom stereocenters. The van der Waals surface area contributed by atoms with E-state index in [0.717, 1.165) is 12.0 Å². The highest BCUT2D eigenvalue weighted by molar-refractivity contribution is 6.23. The number of aryl methyl sites for hydroxylation is 1. The second-order valence-electron chi connectivity index (χ2n) is 11.4. The van der Waals surface area contributed by atoms with Gasteiger partial charge in [-0.15, -0.1) is 0 Å². The van der Waals surface area contributed by atoms with E-state index in [1.807, 2.05) is 30.3 Å². The summed E-state index contributed by atoms with van der Waals surface area (Å²) in [5.74, 6) is -0.608. The van der Waals surface area contributed by atoms with Gasteiger partial charge >= 0.3 is 6.09 Å². The Morgan fingerprint density at radius 3 is 2.23 bits per heavy atom. The van der Waals surface area contributed by atoms with Crippen LogP contribution in [0.15, 0.2) is 84.9 Å². The molecule has 0 saturated carbocycles. The van der Waals surface area contributed by atoms with Crippen LogP contribution >= 0.6 is 0 Å². The first kappa shape index (κ1) is 29.4. The molecule has 6 rings (SSSR count). The lowest BCUT2D eigenvalue weighted by atomic mass is 9.90. The second-order valence-corrected chi connectivity index (χ2v) is 11.4. The van der Waals surface area contributed by atoms with Crippen LogP contribution in [0.4, 0.5) is 4.79 Å². The van der Waals surface area contributed by atoms with Crippen molar-refractivity contribution in [3.63, 3.8) is 0 Å². The number of aliphatic hydroxyl groups is 1. The van der Waals surface area contributed by atoms with Gasteiger partial charge in [0.1, 0.15) is 12.6 Å². The van der Waals surface area contributed by atoms with Crippen LogP contribution in [0.5, 0.6) is 0 Å². The van der Waals surface area contributed by atoms with Crippen LogP contribution < -0.4 is 5.32 Å². The summed E-state index contributed by atoms with van der Waals surface area (Å²) >= 11 is 0. The molecule has 44 heavy (non-hydrogen) atoms. The van der Waals surface area contributed by atoms with Crippen molar-refractivity contribution < 1.29 is 24.2 Å². The molecular weight excluding hydrogens is 554 g/mol. The van der Waals surface area contributed by atoms with Crippen molar-refractivity contribution >= 4 is 50.2 Å². The molecule has 1 aliphatic rings. The summed E-state index contributed by atoms with van der Waals surface area (Å²) in [4.78, 5) is 41.9. The monoisotopic (exact) mass is 591 g/mol. The van der Waals surface area contributed by atoms with Gasteiger partial charge in [0, 0.05) is 32.6 Å². The highest BCUT2D eigenvalue weighted by Gasteiger charge is 2.28. The van der Waals surface area contributed by atoms with Crippen LogP contribution in [0.2, 0.25) is 0 Å². The smallest absolute Gasteiger partial charge is 0.410 e. The standard InChI is InChI=1S/C36H37N3O5/c40-23-31(35(42)38-19-6-20-39(22-21-38)36(43)44-24-25-7-2-1-3-8-25)37-32(41)12-5-9-26-13-14-29-16-15-27-10-4-11-28-17-18-30(26)34(29)33(27)28/h1-4,7-8,10-11,13-18,31,40H,5-6,9,12,19-24H2,(H,37,41)/t31-/m0/s1. The van der Waals surface area contributed by atoms with E-state index in [2.05, 4.69) is 59.9 Å². The minimum Gasteiger partial charge on any atom is -0.445 e. The first-order chi connectivity index (χ1) is 21.5. The van der Waals surface area contributed by atoms with E-state index in [4.69, 9.17) is 4.74 Å². The van der Waals surface area contributed by atoms with Crippen molar-refractivity contribution in [1.82, 2.24) is 15.1 Å². The molecule has 1 saturated heterocycles. The normalized spacial score (nSPS) is 14.6. The predicted molar refractivity (Wildman–Crippen MR) is 171 cm³/mol. The SMILES string of the molecule is O=C(CCCc1ccc2ccc3cccc4ccc1c2c34)N[C@@H](CO)C(=O)N1CCCN(C(=O)OCc2ccccc2)CC1. The first-order valence-corrected chi connectivity index (χ1v) is 15.3. The molecule has 0 aromatic heterocycles. The Balaban J connectivity index is 1.01. The lowest BCUT2D eigenvalue weighted by molar-refractivity contribution is -0.137. The molecule has 5 aromatic rings. The number of hydrogen-bond acceptors (Lipinski definition) is 5. The fourth-order valence-corrected chi connectivity index (χ4v) is 6.26. The molecule has 5 aromatic carbocycles. The molecule has 226 valence electrons. The Morgan fingerprint density at radius 2 is 1.45 bits per heavy atom. The van der Waals surface area contributed by atoms with E-state index in [-0.39, 0.29) is 24.8 Å². The zero-order valence-electron chi connectivity index (χ0n) is 24.7. The fourth-order valence-electron chi connectivity index (χ4n) is 6.26. The topological polar surface area (TPSA) is 99.2 Å². The quantitative estimate of drug-likeness (QED) is 0.228. The van der Waals surface area contributed by atoms with E-state index < -0.39 is 18.7 Å². The number of carbonyl (C=O) groups is 3. The number of nitrogens with one attached hydrogen (secondary N) is 1. The van der Waals surface area contributed by atoms with Crippen molar-refractivity contribution in [2.75, 3.05) is 32.8 Å². The lowest BCUT2D eigenvalue weighted by Crippen LogP contribution is -2.51. The maximum Gasteiger partial charge on any atom is 0.410 e. The van der Waals surface area contributed by atoms with E-state index in [1.165, 1.54) is 37.9 Å². The van der Waals surface area contributed by atoms with Gasteiger partial charge in [-0.3, -0.25) is 9.59 Å². The third kappa shape index (κ3) is 6.31. The molecule has 2 N–H and O–H groups in total. The largest absolute Gasteiger partial charge is 0.445 e. The molecule has 0 radical (unpaired) electrons. The van der Waals surface area contributed by atoms with Crippen LogP contribution in [-0.4, -0.2) is 71.6 Å². The van der Waals surface area contributed by atoms with Crippen LogP contribution in [0, 0.1) is 0 Å². The molecular formula is C36H37N3O5. The van der Waals surface area contributed by atoms with Crippen molar-refractivity contribution in [2.24, 2.45) is 0 Å². The average molecular weight is 592 g/mol. The second kappa shape index (κ2) is 13.3. The number of rotatable bonds is 9. The number of ether oxygens (including phenoxy) is 1. The van der Waals surface area contributed by atoms with Crippen molar-refractivity contribution in [3.8, 4) is 0 Å². The van der Waals surface area contributed by atoms with E-state index in [9.17, 15) is 19.5 Å². The van der Waals surface area contributed by atoms with Crippen LogP contribution in [-0.2, 0) is 27.4 Å². The van der Waals surface area contributed by atoms with Gasteiger partial charge in [-0.25, -0.2) is 4.79 Å². The summed E-state index contributed by atoms with van der Waals surface area (Å²) in [5.41, 5.74) is 2.10. The maximum atomic E-state index is 13.2. The number of amides is 3. The molecule has 0 bridgehead atoms. The third-order valence-corrected chi connectivity index (χ3v) is 8.56. The lowest BCUT2D eigenvalue weighted by Gasteiger charge is -2.26. The van der Waals surface area contributed by atoms with Gasteiger partial charge in [0.2, 0.25) is 11.8 Å². The minimum absolute atomic E-state index is 0.189. The van der Waals surface area contributed by atoms with Gasteiger partial charge < -0.3 is 25.0 Å². The number of aliphatic hydroxyl groups excluding tert-OH is 1. The summed E-state index contributed by atoms with van der Waals surface area (Å²) < 4.78 is 5.45. The molecule has 0 aliphatic carbocycles. The van der Waals surface area contributed by atoms with E-state index in [0.29, 0.717) is 39.0 Å². The van der Waals surface area contributed by atoms with Crippen molar-refractivity contribution in [2.45, 2.75) is 38.3 Å². The van der Waals surface area contributed by atoms with Gasteiger partial charge in [0.15, 0.2) is 0 Å². The summed E-state index contributed by atoms with van der Waals surface area (Å²) in [5, 5.41) is 20.1. The third-order valence-electron chi connectivity index (χ3n) is 8.56. The zero-order chi connectivity index (χ0) is 30.5. The highest BCUT2D eigenvalue weighted by Crippen LogP contribution is 2.36. The molecule has 8 nitrogen and oxygen atoms in total. The molecule has 1 aliphatic heterocycles. The van der Waals surface area contributed by atoms with E-state index in [1.54, 1.807) is 9.80 Å². The summed E-state index contributed by atoms with van der Waals surface area (Å²) in [6.07, 6.45) is 1.75. The van der Waals surface area contributed by atoms with Crippen LogP contribution in [0.3, 0.4) is 0 Å². The summed E-state index contributed by atoms with van der Waals surface area (Å²) in [7, 11) is 0. The molecule has 0 unspecified atom stereocenters. The number of nitrogens with zero attached hydrogens (tertiary/aromatic N) is 2. The van der Waals surface area contributed by atoms with Crippen molar-refractivity contribution in [3.05, 3.63) is 96.1 Å². The number of carbonyl (C=O) groups excluding carboxylic acids is 3. The van der Waals surface area contributed by atoms with Crippen LogP contribution in [0.1, 0.15) is 30.4 Å². The Hall–Kier alpha value is -4.69. The van der Waals surface area contributed by atoms with Gasteiger partial charge in [0.25, 0.3) is 0 Å². The molecule has 1 fully saturated rings. The average Bonchev–Trinajstić information content (AvgIpc) is 3.32. The minimum atomic E-state index is -1.02. The zero-order valence-corrected chi connectivity index (χ0v) is 24.7. The van der Waals surface area contributed by atoms with Gasteiger partial charge in [-0.2, -0.15) is 0 Å². The van der Waals surface area contributed by atoms with Crippen molar-refractivity contribution in [1.29, 1.82) is 0 Å². The molecule has 8 heteroatoms. The highest BCUT2D eigenvalue weighted by atomic mass is 16.6. The maximum absolute atomic E-state index is 13.2. The Labute approximate surface area is 256 Å². The number of benzene rings is 5. The van der Waals surface area contributed by atoms with Gasteiger partial charge in [-0.05, 0) is 62.7 Å². The molecule has 0 spiro atoms. The predicted octanol–water partition coefficient (Wildman–Crippen LogP) is 5.25. The van der Waals surface area contributed by atoms with Gasteiger partial charge in [-0.1, -0.05) is 84.9 Å². The molecule has 3 amide bonds. The molecule has 1 heterocycles. The van der Waals surface area contributed by atoms with Gasteiger partial charge in [0.05, 0.1) is 6.61 Å².